The Kier molecular flexibility index (Phi) is 10.4. The molecule has 0 spiro atoms. The van der Waals surface area contributed by atoms with Crippen molar-refractivity contribution in [2.75, 3.05) is 13.2 Å². The van der Waals surface area contributed by atoms with Crippen LogP contribution >= 0.6 is 12.4 Å². The topological polar surface area (TPSA) is 111 Å². The fraction of sp³-hybridized carbons (Fsp3) is 0.550. The van der Waals surface area contributed by atoms with Gasteiger partial charge in [0.2, 0.25) is 23.4 Å². The second-order valence-electron chi connectivity index (χ2n) is 7.86. The van der Waals surface area contributed by atoms with Gasteiger partial charge in [-0.3, -0.25) is 14.4 Å². The summed E-state index contributed by atoms with van der Waals surface area (Å²) in [5.41, 5.74) is 5.82. The van der Waals surface area contributed by atoms with E-state index in [1.165, 1.54) is 0 Å². The van der Waals surface area contributed by atoms with E-state index < -0.39 is 65.3 Å². The number of hydrogen-bond donors (Lipinski definition) is 3. The second kappa shape index (κ2) is 12.0. The number of nitrogens with one attached hydrogen (secondary N) is 2. The molecule has 4 N–H and O–H groups in total. The molecule has 0 bridgehead atoms. The molecule has 7 nitrogen and oxygen atoms in total. The lowest BCUT2D eigenvalue weighted by Crippen LogP contribution is -2.50. The van der Waals surface area contributed by atoms with E-state index in [-0.39, 0.29) is 36.7 Å². The van der Waals surface area contributed by atoms with E-state index in [1.807, 2.05) is 13.8 Å². The number of rotatable bonds is 10. The van der Waals surface area contributed by atoms with Crippen LogP contribution in [0.3, 0.4) is 0 Å². The molecular weight excluding hydrogens is 458 g/mol. The summed E-state index contributed by atoms with van der Waals surface area (Å²) in [5, 5.41) is 5.05. The average Bonchev–Trinajstić information content (AvgIpc) is 3.09. The van der Waals surface area contributed by atoms with Crippen LogP contribution in [-0.4, -0.2) is 42.8 Å². The number of hydrogen-bond acceptors (Lipinski definition) is 5. The Bertz CT molecular complexity index is 830. The first-order chi connectivity index (χ1) is 14.5. The largest absolute Gasteiger partial charge is 0.479 e. The monoisotopic (exact) mass is 483 g/mol. The molecule has 1 aliphatic heterocycles. The second-order valence-corrected chi connectivity index (χ2v) is 7.86. The molecule has 1 fully saturated rings. The van der Waals surface area contributed by atoms with E-state index in [4.69, 9.17) is 10.5 Å². The maximum Gasteiger partial charge on any atom is 0.237 e. The van der Waals surface area contributed by atoms with E-state index in [0.29, 0.717) is 19.4 Å². The number of carbonyl (C=O) groups is 3. The van der Waals surface area contributed by atoms with Crippen LogP contribution in [0.25, 0.3) is 0 Å². The minimum Gasteiger partial charge on any atom is -0.479 e. The van der Waals surface area contributed by atoms with Gasteiger partial charge in [-0.1, -0.05) is 13.8 Å². The van der Waals surface area contributed by atoms with Gasteiger partial charge in [0.1, 0.15) is 6.61 Å². The fourth-order valence-electron chi connectivity index (χ4n) is 3.24. The summed E-state index contributed by atoms with van der Waals surface area (Å²) in [6, 6.07) is -2.15. The van der Waals surface area contributed by atoms with Crippen LogP contribution in [0, 0.1) is 35.1 Å². The summed E-state index contributed by atoms with van der Waals surface area (Å²) >= 11 is 0. The molecule has 1 aromatic carbocycles. The van der Waals surface area contributed by atoms with E-state index in [9.17, 15) is 31.9 Å². The SMILES string of the molecule is CC(C)C[C@H](N)C(=O)N[C@@H](C[C@@H]1CCNC1=O)C(=O)COc1c(F)c(F)cc(F)c1F.Cl. The standard InChI is InChI=1S/C20H25F4N3O4.ClH/c1-9(2)5-13(25)20(30)27-14(6-10-3-4-26-19(10)29)15(28)8-31-18-16(23)11(21)7-12(22)17(18)24;/h7,9-10,13-14H,3-6,8,25H2,1-2H3,(H,26,29)(H,27,30);1H/t10-,13-,14-;/m0./s1. The van der Waals surface area contributed by atoms with Crippen LogP contribution in [-0.2, 0) is 14.4 Å². The number of amides is 2. The normalized spacial score (nSPS) is 17.4. The van der Waals surface area contributed by atoms with Gasteiger partial charge in [-0.2, -0.15) is 8.78 Å². The van der Waals surface area contributed by atoms with Crippen molar-refractivity contribution in [3.05, 3.63) is 29.3 Å². The molecule has 1 saturated heterocycles. The van der Waals surface area contributed by atoms with Crippen LogP contribution < -0.4 is 21.1 Å². The van der Waals surface area contributed by atoms with E-state index in [2.05, 4.69) is 10.6 Å². The third-order valence-corrected chi connectivity index (χ3v) is 4.88. The Morgan fingerprint density at radius 3 is 2.31 bits per heavy atom. The Morgan fingerprint density at radius 1 is 1.22 bits per heavy atom. The van der Waals surface area contributed by atoms with E-state index in [1.54, 1.807) is 0 Å². The van der Waals surface area contributed by atoms with Gasteiger partial charge in [-0.05, 0) is 25.2 Å². The minimum atomic E-state index is -1.79. The van der Waals surface area contributed by atoms with Crippen molar-refractivity contribution in [1.82, 2.24) is 10.6 Å². The van der Waals surface area contributed by atoms with Gasteiger partial charge < -0.3 is 21.1 Å². The third kappa shape index (κ3) is 7.06. The number of carbonyl (C=O) groups excluding carboxylic acids is 3. The Hall–Kier alpha value is -2.40. The third-order valence-electron chi connectivity index (χ3n) is 4.88. The predicted octanol–water partition coefficient (Wildman–Crippen LogP) is 2.00. The first-order valence-corrected chi connectivity index (χ1v) is 9.83. The van der Waals surface area contributed by atoms with Crippen molar-refractivity contribution in [1.29, 1.82) is 0 Å². The van der Waals surface area contributed by atoms with Crippen LogP contribution in [0.4, 0.5) is 17.6 Å². The number of Topliss-reactive ketones (excluding diaryl/α,β-unsaturated/α-hetero) is 1. The molecule has 2 rings (SSSR count). The van der Waals surface area contributed by atoms with Crippen molar-refractivity contribution in [2.24, 2.45) is 17.6 Å². The molecule has 1 heterocycles. The van der Waals surface area contributed by atoms with Crippen molar-refractivity contribution >= 4 is 30.0 Å². The number of ether oxygens (including phenoxy) is 1. The number of benzene rings is 1. The molecule has 1 aliphatic rings. The molecular formula is C20H26ClF4N3O4. The van der Waals surface area contributed by atoms with Crippen molar-refractivity contribution in [2.45, 2.75) is 45.2 Å². The highest BCUT2D eigenvalue weighted by Crippen LogP contribution is 2.26. The lowest BCUT2D eigenvalue weighted by Gasteiger charge is -2.23. The lowest BCUT2D eigenvalue weighted by molar-refractivity contribution is -0.131. The molecule has 180 valence electrons. The van der Waals surface area contributed by atoms with Crippen LogP contribution in [0.15, 0.2) is 6.07 Å². The van der Waals surface area contributed by atoms with Crippen molar-refractivity contribution in [3.63, 3.8) is 0 Å². The quantitative estimate of drug-likeness (QED) is 0.348. The fourth-order valence-corrected chi connectivity index (χ4v) is 3.24. The highest BCUT2D eigenvalue weighted by molar-refractivity contribution is 5.92. The first kappa shape index (κ1) is 27.6. The van der Waals surface area contributed by atoms with E-state index in [0.717, 1.165) is 0 Å². The first-order valence-electron chi connectivity index (χ1n) is 9.83. The maximum absolute atomic E-state index is 13.8. The molecule has 1 aromatic rings. The molecule has 0 aromatic heterocycles. The lowest BCUT2D eigenvalue weighted by atomic mass is 9.95. The molecule has 12 heteroatoms. The van der Waals surface area contributed by atoms with Gasteiger partial charge in [0.25, 0.3) is 0 Å². The molecule has 32 heavy (non-hydrogen) atoms. The zero-order valence-corrected chi connectivity index (χ0v) is 18.4. The van der Waals surface area contributed by atoms with Gasteiger partial charge in [-0.15, -0.1) is 12.4 Å². The molecule has 0 unspecified atom stereocenters. The van der Waals surface area contributed by atoms with Gasteiger partial charge in [-0.25, -0.2) is 8.78 Å². The average molecular weight is 484 g/mol. The molecule has 0 radical (unpaired) electrons. The summed E-state index contributed by atoms with van der Waals surface area (Å²) < 4.78 is 58.9. The molecule has 2 amide bonds. The zero-order valence-electron chi connectivity index (χ0n) is 17.6. The van der Waals surface area contributed by atoms with Crippen LogP contribution in [0.1, 0.15) is 33.1 Å². The van der Waals surface area contributed by atoms with Gasteiger partial charge in [0, 0.05) is 18.5 Å². The number of ketones is 1. The summed E-state index contributed by atoms with van der Waals surface area (Å²) in [7, 11) is 0. The summed E-state index contributed by atoms with van der Waals surface area (Å²) in [6.07, 6.45) is 0.679. The smallest absolute Gasteiger partial charge is 0.237 e. The highest BCUT2D eigenvalue weighted by atomic mass is 35.5. The van der Waals surface area contributed by atoms with Gasteiger partial charge in [0.15, 0.2) is 23.2 Å². The summed E-state index contributed by atoms with van der Waals surface area (Å²) in [5.74, 6) is -10.6. The van der Waals surface area contributed by atoms with Crippen LogP contribution in [0.2, 0.25) is 0 Å². The molecule has 0 aliphatic carbocycles. The minimum absolute atomic E-state index is 0. The van der Waals surface area contributed by atoms with Crippen LogP contribution in [0.5, 0.6) is 5.75 Å². The van der Waals surface area contributed by atoms with Gasteiger partial charge in [0.05, 0.1) is 12.1 Å². The maximum atomic E-state index is 13.8. The Balaban J connectivity index is 0.00000512. The zero-order chi connectivity index (χ0) is 23.3. The number of nitrogens with two attached hydrogens (primary N) is 1. The Labute approximate surface area is 188 Å². The predicted molar refractivity (Wildman–Crippen MR) is 109 cm³/mol. The van der Waals surface area contributed by atoms with E-state index >= 15 is 0 Å². The summed E-state index contributed by atoms with van der Waals surface area (Å²) in [4.78, 5) is 36.9. The van der Waals surface area contributed by atoms with Gasteiger partial charge >= 0.3 is 0 Å². The van der Waals surface area contributed by atoms with Crippen molar-refractivity contribution < 1.29 is 36.7 Å². The number of halogens is 5. The van der Waals surface area contributed by atoms with Crippen molar-refractivity contribution in [3.8, 4) is 5.75 Å². The summed E-state index contributed by atoms with van der Waals surface area (Å²) in [6.45, 7) is 3.12. The molecule has 3 atom stereocenters. The Morgan fingerprint density at radius 2 is 1.81 bits per heavy atom. The highest BCUT2D eigenvalue weighted by Gasteiger charge is 2.33. The molecule has 0 saturated carbocycles.